The third kappa shape index (κ3) is 2.46. The van der Waals surface area contributed by atoms with Gasteiger partial charge in [-0.1, -0.05) is 43.3 Å². The van der Waals surface area contributed by atoms with Gasteiger partial charge in [-0.05, 0) is 0 Å². The van der Waals surface area contributed by atoms with Gasteiger partial charge in [-0.25, -0.2) is 0 Å². The first-order valence-electron chi connectivity index (χ1n) is 5.70. The molecule has 2 rings (SSSR count). The van der Waals surface area contributed by atoms with Gasteiger partial charge in [0.1, 0.15) is 12.4 Å². The fourth-order valence-corrected chi connectivity index (χ4v) is 1.95. The first-order chi connectivity index (χ1) is 8.26. The Hall–Kier alpha value is -1.45. The van der Waals surface area contributed by atoms with Crippen LogP contribution in [0.1, 0.15) is 18.8 Å². The highest BCUT2D eigenvalue weighted by atomic mass is 16.7. The van der Waals surface area contributed by atoms with Crippen molar-refractivity contribution in [3.63, 3.8) is 0 Å². The van der Waals surface area contributed by atoms with Crippen LogP contribution in [0.3, 0.4) is 0 Å². The highest BCUT2D eigenvalue weighted by Gasteiger charge is 2.35. The minimum Gasteiger partial charge on any atom is -0.341 e. The van der Waals surface area contributed by atoms with Crippen molar-refractivity contribution in [1.82, 2.24) is 0 Å². The zero-order valence-electron chi connectivity index (χ0n) is 9.78. The van der Waals surface area contributed by atoms with Gasteiger partial charge in [0.25, 0.3) is 0 Å². The van der Waals surface area contributed by atoms with Gasteiger partial charge in [0.2, 0.25) is 0 Å². The van der Waals surface area contributed by atoms with E-state index in [1.807, 2.05) is 37.3 Å². The number of rotatable bonds is 3. The lowest BCUT2D eigenvalue weighted by molar-refractivity contribution is -0.250. The fraction of sp³-hybridized carbons (Fsp3) is 0.357. The van der Waals surface area contributed by atoms with E-state index in [0.29, 0.717) is 0 Å². The summed E-state index contributed by atoms with van der Waals surface area (Å²) < 4.78 is 11.4. The van der Waals surface area contributed by atoms with Crippen LogP contribution in [0.25, 0.3) is 0 Å². The van der Waals surface area contributed by atoms with Crippen LogP contribution in [-0.2, 0) is 14.3 Å². The molecule has 1 saturated heterocycles. The van der Waals surface area contributed by atoms with Crippen molar-refractivity contribution in [1.29, 1.82) is 0 Å². The second-order valence-corrected chi connectivity index (χ2v) is 4.17. The van der Waals surface area contributed by atoms with Gasteiger partial charge < -0.3 is 14.3 Å². The van der Waals surface area contributed by atoms with Crippen molar-refractivity contribution in [3.8, 4) is 0 Å². The lowest BCUT2D eigenvalue weighted by Crippen LogP contribution is -2.41. The summed E-state index contributed by atoms with van der Waals surface area (Å²) in [5, 5.41) is 0. The average Bonchev–Trinajstić information content (AvgIpc) is 2.40. The van der Waals surface area contributed by atoms with Crippen molar-refractivity contribution >= 4 is 6.29 Å². The summed E-state index contributed by atoms with van der Waals surface area (Å²) >= 11 is 0. The van der Waals surface area contributed by atoms with Gasteiger partial charge in [0, 0.05) is 11.5 Å². The molecule has 1 aliphatic rings. The zero-order valence-corrected chi connectivity index (χ0v) is 9.78. The SMILES string of the molecule is C=C[C@@H]1OC(c2ccccc2)O[C@H](C=O)[C@@H]1C. The second-order valence-electron chi connectivity index (χ2n) is 4.17. The number of carbonyl (C=O) groups is 1. The normalized spacial score (nSPS) is 33.0. The Kier molecular flexibility index (Phi) is 3.71. The Morgan fingerprint density at radius 1 is 1.18 bits per heavy atom. The van der Waals surface area contributed by atoms with Crippen LogP contribution in [0, 0.1) is 5.92 Å². The number of benzene rings is 1. The van der Waals surface area contributed by atoms with E-state index in [2.05, 4.69) is 6.58 Å². The third-order valence-electron chi connectivity index (χ3n) is 3.04. The van der Waals surface area contributed by atoms with E-state index in [1.165, 1.54) is 0 Å². The summed E-state index contributed by atoms with van der Waals surface area (Å²) in [5.41, 5.74) is 0.915. The Balaban J connectivity index is 2.20. The maximum Gasteiger partial charge on any atom is 0.185 e. The summed E-state index contributed by atoms with van der Waals surface area (Å²) in [4.78, 5) is 11.0. The molecule has 0 aliphatic carbocycles. The van der Waals surface area contributed by atoms with Crippen LogP contribution >= 0.6 is 0 Å². The molecule has 1 aromatic carbocycles. The van der Waals surface area contributed by atoms with Crippen molar-refractivity contribution < 1.29 is 14.3 Å². The standard InChI is InChI=1S/C14H16O3/c1-3-12-10(2)13(9-15)17-14(16-12)11-7-5-4-6-8-11/h3-10,12-14H,1H2,2H3/t10-,12+,13-,14?/m1/s1. The number of ether oxygens (including phenoxy) is 2. The topological polar surface area (TPSA) is 35.5 Å². The maximum atomic E-state index is 11.0. The van der Waals surface area contributed by atoms with Crippen LogP contribution in [0.5, 0.6) is 0 Å². The van der Waals surface area contributed by atoms with Gasteiger partial charge in [0.05, 0.1) is 6.10 Å². The zero-order chi connectivity index (χ0) is 12.3. The molecule has 3 heteroatoms. The molecule has 3 nitrogen and oxygen atoms in total. The molecule has 1 unspecified atom stereocenters. The molecule has 4 atom stereocenters. The van der Waals surface area contributed by atoms with Crippen molar-refractivity contribution in [3.05, 3.63) is 48.6 Å². The molecule has 0 aromatic heterocycles. The number of hydrogen-bond donors (Lipinski definition) is 0. The van der Waals surface area contributed by atoms with Gasteiger partial charge in [-0.15, -0.1) is 6.58 Å². The third-order valence-corrected chi connectivity index (χ3v) is 3.04. The van der Waals surface area contributed by atoms with E-state index in [-0.39, 0.29) is 12.0 Å². The predicted octanol–water partition coefficient (Wildman–Crippen LogP) is 2.49. The average molecular weight is 232 g/mol. The molecule has 1 aromatic rings. The Morgan fingerprint density at radius 3 is 2.41 bits per heavy atom. The molecule has 0 radical (unpaired) electrons. The van der Waals surface area contributed by atoms with Crippen molar-refractivity contribution in [2.45, 2.75) is 25.4 Å². The number of hydrogen-bond acceptors (Lipinski definition) is 3. The Labute approximate surface area is 101 Å². The van der Waals surface area contributed by atoms with E-state index in [9.17, 15) is 4.79 Å². The summed E-state index contributed by atoms with van der Waals surface area (Å²) in [7, 11) is 0. The van der Waals surface area contributed by atoms with E-state index < -0.39 is 12.4 Å². The smallest absolute Gasteiger partial charge is 0.185 e. The van der Waals surface area contributed by atoms with Gasteiger partial charge in [0.15, 0.2) is 6.29 Å². The molecular formula is C14H16O3. The van der Waals surface area contributed by atoms with E-state index in [4.69, 9.17) is 9.47 Å². The largest absolute Gasteiger partial charge is 0.341 e. The van der Waals surface area contributed by atoms with Gasteiger partial charge in [-0.3, -0.25) is 0 Å². The number of carbonyl (C=O) groups excluding carboxylic acids is 1. The lowest BCUT2D eigenvalue weighted by Gasteiger charge is -2.37. The molecule has 0 spiro atoms. The molecule has 1 fully saturated rings. The fourth-order valence-electron chi connectivity index (χ4n) is 1.95. The molecule has 0 saturated carbocycles. The maximum absolute atomic E-state index is 11.0. The summed E-state index contributed by atoms with van der Waals surface area (Å²) in [6.07, 6.45) is 1.45. The molecule has 0 N–H and O–H groups in total. The van der Waals surface area contributed by atoms with E-state index >= 15 is 0 Å². The van der Waals surface area contributed by atoms with Crippen LogP contribution in [0.15, 0.2) is 43.0 Å². The van der Waals surface area contributed by atoms with Crippen LogP contribution in [-0.4, -0.2) is 18.5 Å². The minimum atomic E-state index is -0.495. The van der Waals surface area contributed by atoms with Crippen LogP contribution in [0.4, 0.5) is 0 Å². The molecular weight excluding hydrogens is 216 g/mol. The lowest BCUT2D eigenvalue weighted by atomic mass is 9.97. The molecule has 0 bridgehead atoms. The molecule has 0 amide bonds. The van der Waals surface area contributed by atoms with Crippen molar-refractivity contribution in [2.24, 2.45) is 5.92 Å². The summed E-state index contributed by atoms with van der Waals surface area (Å²) in [5.74, 6) is -0.00929. The van der Waals surface area contributed by atoms with E-state index in [0.717, 1.165) is 11.8 Å². The first-order valence-corrected chi connectivity index (χ1v) is 5.70. The monoisotopic (exact) mass is 232 g/mol. The highest BCUT2D eigenvalue weighted by molar-refractivity contribution is 5.57. The Bertz CT molecular complexity index is 370. The van der Waals surface area contributed by atoms with E-state index in [1.54, 1.807) is 6.08 Å². The van der Waals surface area contributed by atoms with Gasteiger partial charge in [-0.2, -0.15) is 0 Å². The van der Waals surface area contributed by atoms with Crippen LogP contribution < -0.4 is 0 Å². The molecule has 1 aliphatic heterocycles. The quantitative estimate of drug-likeness (QED) is 0.593. The van der Waals surface area contributed by atoms with Gasteiger partial charge >= 0.3 is 0 Å². The Morgan fingerprint density at radius 2 is 1.82 bits per heavy atom. The van der Waals surface area contributed by atoms with Crippen molar-refractivity contribution in [2.75, 3.05) is 0 Å². The predicted molar refractivity (Wildman–Crippen MR) is 64.4 cm³/mol. The second kappa shape index (κ2) is 5.25. The molecule has 17 heavy (non-hydrogen) atoms. The minimum absolute atomic E-state index is 0.00929. The molecule has 90 valence electrons. The summed E-state index contributed by atoms with van der Waals surface area (Å²) in [6.45, 7) is 5.66. The van der Waals surface area contributed by atoms with Crippen LogP contribution in [0.2, 0.25) is 0 Å². The first kappa shape index (κ1) is 12.0. The molecule has 1 heterocycles. The number of aldehydes is 1. The summed E-state index contributed by atoms with van der Waals surface area (Å²) in [6, 6.07) is 9.60. The highest BCUT2D eigenvalue weighted by Crippen LogP contribution is 2.32.